The van der Waals surface area contributed by atoms with Crippen LogP contribution in [0.3, 0.4) is 0 Å². The average molecular weight is 410 g/mol. The predicted octanol–water partition coefficient (Wildman–Crippen LogP) is 4.03. The molecule has 2 heterocycles. The van der Waals surface area contributed by atoms with E-state index in [0.29, 0.717) is 15.7 Å². The number of benzene rings is 2. The number of para-hydroxylation sites is 1. The SMILES string of the molecule is O=C(NNC(=O)c1ccccc1-n1cccc1)c1ccc(C2SCCS2)cc1. The monoisotopic (exact) mass is 409 g/mol. The molecule has 0 atom stereocenters. The van der Waals surface area contributed by atoms with Crippen molar-refractivity contribution in [2.24, 2.45) is 0 Å². The zero-order chi connectivity index (χ0) is 19.3. The Morgan fingerprint density at radius 2 is 1.46 bits per heavy atom. The maximum absolute atomic E-state index is 12.6. The molecule has 28 heavy (non-hydrogen) atoms. The predicted molar refractivity (Wildman–Crippen MR) is 115 cm³/mol. The molecule has 0 aliphatic carbocycles. The lowest BCUT2D eigenvalue weighted by Crippen LogP contribution is -2.41. The van der Waals surface area contributed by atoms with Gasteiger partial charge in [-0.15, -0.1) is 23.5 Å². The van der Waals surface area contributed by atoms with Crippen molar-refractivity contribution < 1.29 is 9.59 Å². The molecule has 7 heteroatoms. The van der Waals surface area contributed by atoms with E-state index < -0.39 is 0 Å². The standard InChI is InChI=1S/C21H19N3O2S2/c25-19(15-7-9-16(10-8-15)21-27-13-14-28-21)22-23-20(26)17-5-1-2-6-18(17)24-11-3-4-12-24/h1-12,21H,13-14H2,(H,22,25)(H,23,26). The minimum atomic E-state index is -0.368. The fourth-order valence-corrected chi connectivity index (χ4v) is 5.84. The number of thioether (sulfide) groups is 2. The van der Waals surface area contributed by atoms with Gasteiger partial charge in [0, 0.05) is 29.5 Å². The number of hydrogen-bond acceptors (Lipinski definition) is 4. The second kappa shape index (κ2) is 8.58. The first-order valence-corrected chi connectivity index (χ1v) is 11.0. The summed E-state index contributed by atoms with van der Waals surface area (Å²) in [5.74, 6) is 1.61. The number of nitrogens with one attached hydrogen (secondary N) is 2. The van der Waals surface area contributed by atoms with Crippen molar-refractivity contribution in [1.29, 1.82) is 0 Å². The van der Waals surface area contributed by atoms with E-state index in [-0.39, 0.29) is 11.8 Å². The van der Waals surface area contributed by atoms with Gasteiger partial charge in [-0.3, -0.25) is 20.4 Å². The highest BCUT2D eigenvalue weighted by Crippen LogP contribution is 2.45. The minimum Gasteiger partial charge on any atom is -0.323 e. The summed E-state index contributed by atoms with van der Waals surface area (Å²) < 4.78 is 2.30. The van der Waals surface area contributed by atoms with E-state index in [2.05, 4.69) is 10.9 Å². The molecular formula is C21H19N3O2S2. The smallest absolute Gasteiger partial charge is 0.271 e. The molecule has 0 spiro atoms. The first-order valence-electron chi connectivity index (χ1n) is 8.88. The van der Waals surface area contributed by atoms with Crippen LogP contribution in [0.5, 0.6) is 0 Å². The van der Waals surface area contributed by atoms with Crippen molar-refractivity contribution in [3.8, 4) is 5.69 Å². The number of carbonyl (C=O) groups is 2. The van der Waals surface area contributed by atoms with Gasteiger partial charge >= 0.3 is 0 Å². The van der Waals surface area contributed by atoms with Crippen LogP contribution in [0.1, 0.15) is 30.9 Å². The molecule has 0 bridgehead atoms. The zero-order valence-electron chi connectivity index (χ0n) is 15.0. The summed E-state index contributed by atoms with van der Waals surface area (Å²) in [6.07, 6.45) is 3.74. The molecule has 5 nitrogen and oxygen atoms in total. The second-order valence-electron chi connectivity index (χ2n) is 6.21. The normalized spacial score (nSPS) is 14.0. The van der Waals surface area contributed by atoms with Crippen molar-refractivity contribution in [3.05, 3.63) is 89.7 Å². The Labute approximate surface area is 171 Å². The van der Waals surface area contributed by atoms with Crippen LogP contribution in [0.4, 0.5) is 0 Å². The Hall–Kier alpha value is -2.64. The Balaban J connectivity index is 1.40. The van der Waals surface area contributed by atoms with Gasteiger partial charge in [-0.2, -0.15) is 0 Å². The summed E-state index contributed by atoms with van der Waals surface area (Å²) in [5, 5.41) is 0. The van der Waals surface area contributed by atoms with E-state index in [1.807, 2.05) is 76.9 Å². The van der Waals surface area contributed by atoms with Crippen LogP contribution < -0.4 is 10.9 Å². The second-order valence-corrected chi connectivity index (χ2v) is 8.94. The van der Waals surface area contributed by atoms with E-state index in [1.165, 1.54) is 5.56 Å². The number of rotatable bonds is 4. The fraction of sp³-hybridized carbons (Fsp3) is 0.143. The zero-order valence-corrected chi connectivity index (χ0v) is 16.6. The summed E-state index contributed by atoms with van der Waals surface area (Å²) in [6.45, 7) is 0. The van der Waals surface area contributed by atoms with Gasteiger partial charge in [-0.25, -0.2) is 0 Å². The van der Waals surface area contributed by atoms with E-state index in [4.69, 9.17) is 0 Å². The topological polar surface area (TPSA) is 63.1 Å². The summed E-state index contributed by atoms with van der Waals surface area (Å²) in [6, 6.07) is 18.6. The summed E-state index contributed by atoms with van der Waals surface area (Å²) in [7, 11) is 0. The number of carbonyl (C=O) groups excluding carboxylic acids is 2. The van der Waals surface area contributed by atoms with Crippen LogP contribution in [0.15, 0.2) is 73.1 Å². The minimum absolute atomic E-state index is 0.343. The fourth-order valence-electron chi connectivity index (χ4n) is 2.98. The van der Waals surface area contributed by atoms with Gasteiger partial charge in [-0.05, 0) is 42.0 Å². The molecule has 1 aliphatic heterocycles. The van der Waals surface area contributed by atoms with Crippen LogP contribution in [-0.4, -0.2) is 27.9 Å². The van der Waals surface area contributed by atoms with Crippen LogP contribution in [0, 0.1) is 0 Å². The molecular weight excluding hydrogens is 390 g/mol. The number of hydrogen-bond donors (Lipinski definition) is 2. The third kappa shape index (κ3) is 4.10. The molecule has 2 aromatic carbocycles. The van der Waals surface area contributed by atoms with Crippen molar-refractivity contribution >= 4 is 35.3 Å². The van der Waals surface area contributed by atoms with E-state index in [0.717, 1.165) is 17.2 Å². The van der Waals surface area contributed by atoms with Gasteiger partial charge < -0.3 is 4.57 Å². The van der Waals surface area contributed by atoms with E-state index >= 15 is 0 Å². The van der Waals surface area contributed by atoms with Gasteiger partial charge in [-0.1, -0.05) is 24.3 Å². The Morgan fingerprint density at radius 3 is 2.18 bits per heavy atom. The van der Waals surface area contributed by atoms with Crippen LogP contribution >= 0.6 is 23.5 Å². The number of aromatic nitrogens is 1. The van der Waals surface area contributed by atoms with Crippen molar-refractivity contribution in [1.82, 2.24) is 15.4 Å². The average Bonchev–Trinajstić information content (AvgIpc) is 3.46. The molecule has 0 radical (unpaired) electrons. The lowest BCUT2D eigenvalue weighted by Gasteiger charge is -2.12. The maximum atomic E-state index is 12.6. The van der Waals surface area contributed by atoms with Crippen LogP contribution in [0.2, 0.25) is 0 Å². The highest BCUT2D eigenvalue weighted by Gasteiger charge is 2.19. The molecule has 4 rings (SSSR count). The van der Waals surface area contributed by atoms with E-state index in [9.17, 15) is 9.59 Å². The highest BCUT2D eigenvalue weighted by atomic mass is 32.2. The third-order valence-corrected chi connectivity index (χ3v) is 7.49. The lowest BCUT2D eigenvalue weighted by atomic mass is 10.1. The molecule has 3 aromatic rings. The van der Waals surface area contributed by atoms with Crippen LogP contribution in [-0.2, 0) is 0 Å². The molecule has 2 N–H and O–H groups in total. The number of nitrogens with zero attached hydrogens (tertiary/aromatic N) is 1. The number of hydrazine groups is 1. The van der Waals surface area contributed by atoms with Gasteiger partial charge in [0.05, 0.1) is 15.8 Å². The van der Waals surface area contributed by atoms with Crippen molar-refractivity contribution in [2.45, 2.75) is 4.58 Å². The molecule has 142 valence electrons. The molecule has 0 saturated carbocycles. The highest BCUT2D eigenvalue weighted by molar-refractivity contribution is 8.19. The Morgan fingerprint density at radius 1 is 0.821 bits per heavy atom. The Kier molecular flexibility index (Phi) is 5.73. The van der Waals surface area contributed by atoms with Gasteiger partial charge in [0.1, 0.15) is 0 Å². The van der Waals surface area contributed by atoms with E-state index in [1.54, 1.807) is 24.3 Å². The van der Waals surface area contributed by atoms with Crippen LogP contribution in [0.25, 0.3) is 5.69 Å². The maximum Gasteiger partial charge on any atom is 0.271 e. The quantitative estimate of drug-likeness (QED) is 0.639. The molecule has 1 fully saturated rings. The van der Waals surface area contributed by atoms with Gasteiger partial charge in [0.25, 0.3) is 11.8 Å². The Bertz CT molecular complexity index is 966. The molecule has 1 aromatic heterocycles. The molecule has 2 amide bonds. The number of amides is 2. The summed E-state index contributed by atoms with van der Waals surface area (Å²) in [5.41, 5.74) is 7.96. The first kappa shape index (κ1) is 18.7. The molecule has 0 unspecified atom stereocenters. The molecule has 1 aliphatic rings. The van der Waals surface area contributed by atoms with Crippen molar-refractivity contribution in [2.75, 3.05) is 11.5 Å². The third-order valence-electron chi connectivity index (χ3n) is 4.39. The van der Waals surface area contributed by atoms with Gasteiger partial charge in [0.2, 0.25) is 0 Å². The van der Waals surface area contributed by atoms with Crippen molar-refractivity contribution in [3.63, 3.8) is 0 Å². The largest absolute Gasteiger partial charge is 0.323 e. The summed E-state index contributed by atoms with van der Waals surface area (Å²) >= 11 is 3.85. The lowest BCUT2D eigenvalue weighted by molar-refractivity contribution is 0.0846. The van der Waals surface area contributed by atoms with Gasteiger partial charge in [0.15, 0.2) is 0 Å². The first-order chi connectivity index (χ1) is 13.7. The summed E-state index contributed by atoms with van der Waals surface area (Å²) in [4.78, 5) is 25.0. The molecule has 1 saturated heterocycles.